The first-order valence-electron chi connectivity index (χ1n) is 6.68. The first-order chi connectivity index (χ1) is 9.69. The number of nitrogens with two attached hydrogens (primary N) is 1. The summed E-state index contributed by atoms with van der Waals surface area (Å²) in [4.78, 5) is 24.4. The standard InChI is InChI=1S/C12H20F3N3O3/c1-8(6-21-7-12(13,14)15)17-11(20)18-4-2-9(3-5-18)10(16)19/h8-9H,2-7H2,1H3,(H2,16,19)(H,17,20). The van der Waals surface area contributed by atoms with Gasteiger partial charge in [0.15, 0.2) is 0 Å². The van der Waals surface area contributed by atoms with Crippen LogP contribution in [0, 0.1) is 5.92 Å². The van der Waals surface area contributed by atoms with Crippen molar-refractivity contribution in [1.29, 1.82) is 0 Å². The van der Waals surface area contributed by atoms with Crippen molar-refractivity contribution in [3.8, 4) is 0 Å². The molecule has 1 saturated heterocycles. The SMILES string of the molecule is CC(COCC(F)(F)F)NC(=O)N1CCC(C(N)=O)CC1. The Morgan fingerprint density at radius 1 is 1.38 bits per heavy atom. The van der Waals surface area contributed by atoms with Gasteiger partial charge in [-0.1, -0.05) is 0 Å². The van der Waals surface area contributed by atoms with Gasteiger partial charge in [0.25, 0.3) is 0 Å². The Bertz CT molecular complexity index is 368. The van der Waals surface area contributed by atoms with Gasteiger partial charge in [0.2, 0.25) is 5.91 Å². The van der Waals surface area contributed by atoms with Gasteiger partial charge in [-0.05, 0) is 19.8 Å². The van der Waals surface area contributed by atoms with Gasteiger partial charge < -0.3 is 20.7 Å². The summed E-state index contributed by atoms with van der Waals surface area (Å²) >= 11 is 0. The van der Waals surface area contributed by atoms with Crippen LogP contribution in [0.4, 0.5) is 18.0 Å². The Balaban J connectivity index is 2.25. The lowest BCUT2D eigenvalue weighted by atomic mass is 9.96. The highest BCUT2D eigenvalue weighted by Gasteiger charge is 2.28. The molecule has 3 N–H and O–H groups in total. The Morgan fingerprint density at radius 2 is 1.95 bits per heavy atom. The number of likely N-dealkylation sites (tertiary alicyclic amines) is 1. The average Bonchev–Trinajstić information content (AvgIpc) is 2.37. The molecule has 9 heteroatoms. The first kappa shape index (κ1) is 17.5. The van der Waals surface area contributed by atoms with Crippen LogP contribution in [0.1, 0.15) is 19.8 Å². The Kier molecular flexibility index (Phi) is 6.25. The van der Waals surface area contributed by atoms with Crippen LogP contribution in [-0.4, -0.2) is 55.4 Å². The number of nitrogens with zero attached hydrogens (tertiary/aromatic N) is 1. The summed E-state index contributed by atoms with van der Waals surface area (Å²) in [5.74, 6) is -0.592. The van der Waals surface area contributed by atoms with E-state index >= 15 is 0 Å². The summed E-state index contributed by atoms with van der Waals surface area (Å²) in [5.41, 5.74) is 5.19. The summed E-state index contributed by atoms with van der Waals surface area (Å²) < 4.78 is 40.2. The molecule has 1 fully saturated rings. The number of ether oxygens (including phenoxy) is 1. The molecule has 0 aliphatic carbocycles. The third kappa shape index (κ3) is 6.65. The van der Waals surface area contributed by atoms with Gasteiger partial charge in [-0.2, -0.15) is 13.2 Å². The second-order valence-electron chi connectivity index (χ2n) is 5.14. The van der Waals surface area contributed by atoms with Crippen LogP contribution in [-0.2, 0) is 9.53 Å². The van der Waals surface area contributed by atoms with Crippen molar-refractivity contribution in [2.75, 3.05) is 26.3 Å². The molecular formula is C12H20F3N3O3. The largest absolute Gasteiger partial charge is 0.411 e. The maximum absolute atomic E-state index is 11.9. The molecule has 1 aliphatic heterocycles. The highest BCUT2D eigenvalue weighted by Crippen LogP contribution is 2.17. The van der Waals surface area contributed by atoms with Crippen LogP contribution in [0.3, 0.4) is 0 Å². The lowest BCUT2D eigenvalue weighted by molar-refractivity contribution is -0.174. The van der Waals surface area contributed by atoms with Crippen LogP contribution in [0.25, 0.3) is 0 Å². The highest BCUT2D eigenvalue weighted by molar-refractivity contribution is 5.78. The predicted octanol–water partition coefficient (Wildman–Crippen LogP) is 0.861. The highest BCUT2D eigenvalue weighted by atomic mass is 19.4. The smallest absolute Gasteiger partial charge is 0.370 e. The number of halogens is 3. The van der Waals surface area contributed by atoms with E-state index in [1.165, 1.54) is 4.90 Å². The number of rotatable bonds is 5. The van der Waals surface area contributed by atoms with E-state index in [-0.39, 0.29) is 24.5 Å². The Labute approximate surface area is 120 Å². The number of primary amides is 1. The number of urea groups is 1. The molecule has 1 heterocycles. The molecule has 0 saturated carbocycles. The van der Waals surface area contributed by atoms with E-state index in [0.717, 1.165) is 0 Å². The van der Waals surface area contributed by atoms with Crippen molar-refractivity contribution in [3.05, 3.63) is 0 Å². The molecule has 0 radical (unpaired) electrons. The monoisotopic (exact) mass is 311 g/mol. The number of carbonyl (C=O) groups is 2. The Morgan fingerprint density at radius 3 is 2.43 bits per heavy atom. The predicted molar refractivity (Wildman–Crippen MR) is 68.4 cm³/mol. The third-order valence-corrected chi connectivity index (χ3v) is 3.19. The van der Waals surface area contributed by atoms with E-state index in [0.29, 0.717) is 25.9 Å². The quantitative estimate of drug-likeness (QED) is 0.790. The third-order valence-electron chi connectivity index (χ3n) is 3.19. The zero-order valence-corrected chi connectivity index (χ0v) is 11.8. The van der Waals surface area contributed by atoms with E-state index in [1.54, 1.807) is 6.92 Å². The molecule has 0 aromatic rings. The summed E-state index contributed by atoms with van der Waals surface area (Å²) in [7, 11) is 0. The van der Waals surface area contributed by atoms with E-state index in [1.807, 2.05) is 0 Å². The van der Waals surface area contributed by atoms with Crippen molar-refractivity contribution < 1.29 is 27.5 Å². The van der Waals surface area contributed by atoms with Crippen LogP contribution < -0.4 is 11.1 Å². The second kappa shape index (κ2) is 7.48. The van der Waals surface area contributed by atoms with Gasteiger partial charge in [0.05, 0.1) is 12.6 Å². The number of amides is 3. The normalized spacial score (nSPS) is 18.4. The molecule has 1 rings (SSSR count). The summed E-state index contributed by atoms with van der Waals surface area (Å²) in [6.45, 7) is 0.801. The summed E-state index contributed by atoms with van der Waals surface area (Å²) in [5, 5.41) is 2.56. The molecule has 0 bridgehead atoms. The van der Waals surface area contributed by atoms with E-state index < -0.39 is 18.8 Å². The molecule has 1 unspecified atom stereocenters. The van der Waals surface area contributed by atoms with Gasteiger partial charge in [-0.15, -0.1) is 0 Å². The molecule has 0 spiro atoms. The zero-order chi connectivity index (χ0) is 16.0. The zero-order valence-electron chi connectivity index (χ0n) is 11.8. The lowest BCUT2D eigenvalue weighted by Gasteiger charge is -2.31. The maximum Gasteiger partial charge on any atom is 0.411 e. The van der Waals surface area contributed by atoms with Crippen molar-refractivity contribution in [3.63, 3.8) is 0 Å². The van der Waals surface area contributed by atoms with Crippen LogP contribution >= 0.6 is 0 Å². The molecule has 21 heavy (non-hydrogen) atoms. The Hall–Kier alpha value is -1.51. The maximum atomic E-state index is 11.9. The van der Waals surface area contributed by atoms with Crippen molar-refractivity contribution >= 4 is 11.9 Å². The number of alkyl halides is 3. The van der Waals surface area contributed by atoms with Crippen LogP contribution in [0.2, 0.25) is 0 Å². The molecule has 3 amide bonds. The molecule has 6 nitrogen and oxygen atoms in total. The number of hydrogen-bond donors (Lipinski definition) is 2. The van der Waals surface area contributed by atoms with E-state index in [9.17, 15) is 22.8 Å². The molecule has 1 atom stereocenters. The minimum absolute atomic E-state index is 0.219. The van der Waals surface area contributed by atoms with Gasteiger partial charge >= 0.3 is 12.2 Å². The summed E-state index contributed by atoms with van der Waals surface area (Å²) in [6, 6.07) is -0.908. The number of nitrogens with one attached hydrogen (secondary N) is 1. The van der Waals surface area contributed by atoms with Gasteiger partial charge in [-0.3, -0.25) is 4.79 Å². The minimum Gasteiger partial charge on any atom is -0.370 e. The van der Waals surface area contributed by atoms with Crippen LogP contribution in [0.15, 0.2) is 0 Å². The fourth-order valence-corrected chi connectivity index (χ4v) is 2.06. The molecule has 122 valence electrons. The number of carbonyl (C=O) groups excluding carboxylic acids is 2. The average molecular weight is 311 g/mol. The second-order valence-corrected chi connectivity index (χ2v) is 5.14. The number of piperidine rings is 1. The summed E-state index contributed by atoms with van der Waals surface area (Å²) in [6.07, 6.45) is -3.37. The van der Waals surface area contributed by atoms with Gasteiger partial charge in [0.1, 0.15) is 6.61 Å². The number of hydrogen-bond acceptors (Lipinski definition) is 3. The van der Waals surface area contributed by atoms with Crippen molar-refractivity contribution in [1.82, 2.24) is 10.2 Å². The fraction of sp³-hybridized carbons (Fsp3) is 0.833. The minimum atomic E-state index is -4.37. The molecule has 1 aliphatic rings. The first-order valence-corrected chi connectivity index (χ1v) is 6.68. The van der Waals surface area contributed by atoms with Crippen LogP contribution in [0.5, 0.6) is 0 Å². The van der Waals surface area contributed by atoms with Crippen molar-refractivity contribution in [2.24, 2.45) is 11.7 Å². The molecule has 0 aromatic carbocycles. The lowest BCUT2D eigenvalue weighted by Crippen LogP contribution is -2.49. The topological polar surface area (TPSA) is 84.7 Å². The fourth-order valence-electron chi connectivity index (χ4n) is 2.06. The van der Waals surface area contributed by atoms with E-state index in [2.05, 4.69) is 10.1 Å². The van der Waals surface area contributed by atoms with Gasteiger partial charge in [0, 0.05) is 19.0 Å². The van der Waals surface area contributed by atoms with E-state index in [4.69, 9.17) is 5.73 Å². The van der Waals surface area contributed by atoms with Gasteiger partial charge in [-0.25, -0.2) is 4.79 Å². The van der Waals surface area contributed by atoms with Crippen molar-refractivity contribution in [2.45, 2.75) is 32.0 Å². The molecule has 0 aromatic heterocycles. The molecular weight excluding hydrogens is 291 g/mol.